The fraction of sp³-hybridized carbons (Fsp3) is 0.500. The zero-order valence-corrected chi connectivity index (χ0v) is 10.2. The molecule has 0 amide bonds. The molecule has 1 unspecified atom stereocenters. The van der Waals surface area contributed by atoms with Gasteiger partial charge in [0.05, 0.1) is 0 Å². The van der Waals surface area contributed by atoms with Crippen LogP contribution in [0.1, 0.15) is 24.4 Å². The second-order valence-electron chi connectivity index (χ2n) is 3.97. The first kappa shape index (κ1) is 12.5. The van der Waals surface area contributed by atoms with E-state index in [2.05, 4.69) is 25.1 Å². The molecule has 0 bridgehead atoms. The Kier molecular flexibility index (Phi) is 5.09. The van der Waals surface area contributed by atoms with E-state index in [9.17, 15) is 0 Å². The Morgan fingerprint density at radius 2 is 2.13 bits per heavy atom. The van der Waals surface area contributed by atoms with Gasteiger partial charge in [-0.25, -0.2) is 0 Å². The van der Waals surface area contributed by atoms with Crippen molar-refractivity contribution in [1.29, 1.82) is 0 Å². The van der Waals surface area contributed by atoms with E-state index in [1.165, 1.54) is 5.56 Å². The monoisotopic (exact) mass is 226 g/mol. The molecular formula is C12H19ClN2. The third kappa shape index (κ3) is 3.82. The Labute approximate surface area is 97.0 Å². The molecule has 1 atom stereocenters. The molecule has 0 aromatic heterocycles. The smallest absolute Gasteiger partial charge is 0.0409 e. The fourth-order valence-electron chi connectivity index (χ4n) is 1.75. The molecule has 0 fully saturated rings. The molecule has 84 valence electrons. The van der Waals surface area contributed by atoms with Gasteiger partial charge in [0, 0.05) is 11.1 Å². The lowest BCUT2D eigenvalue weighted by Gasteiger charge is -2.24. The number of nitrogens with two attached hydrogens (primary N) is 1. The van der Waals surface area contributed by atoms with Crippen molar-refractivity contribution in [2.24, 2.45) is 5.73 Å². The zero-order chi connectivity index (χ0) is 11.3. The average Bonchev–Trinajstić information content (AvgIpc) is 2.18. The van der Waals surface area contributed by atoms with Gasteiger partial charge in [-0.2, -0.15) is 0 Å². The van der Waals surface area contributed by atoms with Crippen LogP contribution in [0.4, 0.5) is 0 Å². The second kappa shape index (κ2) is 6.11. The van der Waals surface area contributed by atoms with Crippen molar-refractivity contribution >= 4 is 11.6 Å². The van der Waals surface area contributed by atoms with Crippen molar-refractivity contribution in [2.45, 2.75) is 18.9 Å². The highest BCUT2D eigenvalue weighted by atomic mass is 35.5. The molecule has 1 aromatic rings. The van der Waals surface area contributed by atoms with Crippen LogP contribution in [0.3, 0.4) is 0 Å². The lowest BCUT2D eigenvalue weighted by Crippen LogP contribution is -2.20. The van der Waals surface area contributed by atoms with Crippen LogP contribution < -0.4 is 5.73 Å². The Hall–Kier alpha value is -0.570. The average molecular weight is 227 g/mol. The van der Waals surface area contributed by atoms with Crippen LogP contribution in [0.2, 0.25) is 5.02 Å². The molecule has 1 aromatic carbocycles. The van der Waals surface area contributed by atoms with Gasteiger partial charge in [-0.15, -0.1) is 0 Å². The zero-order valence-electron chi connectivity index (χ0n) is 9.41. The van der Waals surface area contributed by atoms with Gasteiger partial charge in [0.15, 0.2) is 0 Å². The Bertz CT molecular complexity index is 299. The quantitative estimate of drug-likeness (QED) is 0.837. The Morgan fingerprint density at radius 1 is 1.40 bits per heavy atom. The van der Waals surface area contributed by atoms with E-state index in [1.54, 1.807) is 0 Å². The maximum atomic E-state index is 5.98. The van der Waals surface area contributed by atoms with Crippen molar-refractivity contribution in [3.05, 3.63) is 34.9 Å². The lowest BCUT2D eigenvalue weighted by atomic mass is 10.0. The molecule has 2 nitrogen and oxygen atoms in total. The topological polar surface area (TPSA) is 29.3 Å². The molecule has 0 spiro atoms. The van der Waals surface area contributed by atoms with Gasteiger partial charge in [0.1, 0.15) is 0 Å². The summed E-state index contributed by atoms with van der Waals surface area (Å²) in [5.41, 5.74) is 6.81. The van der Waals surface area contributed by atoms with Gasteiger partial charge in [-0.3, -0.25) is 0 Å². The third-order valence-corrected chi connectivity index (χ3v) is 2.77. The van der Waals surface area contributed by atoms with E-state index in [0.717, 1.165) is 24.4 Å². The molecule has 0 aliphatic rings. The number of nitrogens with zero attached hydrogens (tertiary/aromatic N) is 1. The number of rotatable bonds is 5. The van der Waals surface area contributed by atoms with Gasteiger partial charge >= 0.3 is 0 Å². The van der Waals surface area contributed by atoms with E-state index in [4.69, 9.17) is 17.3 Å². The summed E-state index contributed by atoms with van der Waals surface area (Å²) in [6, 6.07) is 8.46. The number of hydrogen-bond acceptors (Lipinski definition) is 2. The van der Waals surface area contributed by atoms with Crippen LogP contribution in [0, 0.1) is 0 Å². The first-order valence-electron chi connectivity index (χ1n) is 5.27. The summed E-state index contributed by atoms with van der Waals surface area (Å²) in [5.74, 6) is 0. The minimum absolute atomic E-state index is 0.409. The van der Waals surface area contributed by atoms with Crippen LogP contribution in [-0.2, 0) is 0 Å². The van der Waals surface area contributed by atoms with E-state index in [1.807, 2.05) is 18.2 Å². The summed E-state index contributed by atoms with van der Waals surface area (Å²) < 4.78 is 0. The minimum Gasteiger partial charge on any atom is -0.330 e. The summed E-state index contributed by atoms with van der Waals surface area (Å²) in [6.07, 6.45) is 2.11. The maximum Gasteiger partial charge on any atom is 0.0409 e. The summed E-state index contributed by atoms with van der Waals surface area (Å²) in [7, 11) is 4.17. The van der Waals surface area contributed by atoms with Crippen LogP contribution in [0.25, 0.3) is 0 Å². The number of halogens is 1. The van der Waals surface area contributed by atoms with Crippen molar-refractivity contribution in [1.82, 2.24) is 4.90 Å². The van der Waals surface area contributed by atoms with E-state index < -0.39 is 0 Å². The third-order valence-electron chi connectivity index (χ3n) is 2.54. The molecule has 2 N–H and O–H groups in total. The van der Waals surface area contributed by atoms with Crippen molar-refractivity contribution in [2.75, 3.05) is 20.6 Å². The normalized spacial score (nSPS) is 13.1. The predicted octanol–water partition coefficient (Wildman–Crippen LogP) is 2.68. The second-order valence-corrected chi connectivity index (χ2v) is 4.40. The van der Waals surface area contributed by atoms with Gasteiger partial charge in [0.2, 0.25) is 0 Å². The molecule has 1 rings (SSSR count). The number of hydrogen-bond donors (Lipinski definition) is 1. The van der Waals surface area contributed by atoms with Crippen LogP contribution >= 0.6 is 11.6 Å². The molecule has 0 heterocycles. The summed E-state index contributed by atoms with van der Waals surface area (Å²) in [6.45, 7) is 0.741. The Balaban J connectivity index is 2.79. The summed E-state index contributed by atoms with van der Waals surface area (Å²) >= 11 is 5.98. The highest BCUT2D eigenvalue weighted by Crippen LogP contribution is 2.25. The van der Waals surface area contributed by atoms with Crippen LogP contribution in [-0.4, -0.2) is 25.5 Å². The highest BCUT2D eigenvalue weighted by Gasteiger charge is 2.13. The van der Waals surface area contributed by atoms with Crippen molar-refractivity contribution in [3.63, 3.8) is 0 Å². The van der Waals surface area contributed by atoms with Gasteiger partial charge in [-0.1, -0.05) is 23.7 Å². The highest BCUT2D eigenvalue weighted by molar-refractivity contribution is 6.30. The lowest BCUT2D eigenvalue weighted by molar-refractivity contribution is 0.280. The van der Waals surface area contributed by atoms with Crippen molar-refractivity contribution in [3.8, 4) is 0 Å². The van der Waals surface area contributed by atoms with Gasteiger partial charge in [0.25, 0.3) is 0 Å². The maximum absolute atomic E-state index is 5.98. The Morgan fingerprint density at radius 3 is 2.67 bits per heavy atom. The first-order chi connectivity index (χ1) is 7.15. The van der Waals surface area contributed by atoms with E-state index >= 15 is 0 Å². The molecule has 0 aliphatic heterocycles. The summed E-state index contributed by atoms with van der Waals surface area (Å²) in [5, 5.41) is 0.798. The summed E-state index contributed by atoms with van der Waals surface area (Å²) in [4.78, 5) is 2.21. The largest absolute Gasteiger partial charge is 0.330 e. The van der Waals surface area contributed by atoms with E-state index in [0.29, 0.717) is 6.04 Å². The standard InChI is InChI=1S/C12H19ClN2/c1-15(2)12(7-4-8-14)10-5-3-6-11(13)9-10/h3,5-6,9,12H,4,7-8,14H2,1-2H3. The van der Waals surface area contributed by atoms with E-state index in [-0.39, 0.29) is 0 Å². The molecule has 0 saturated heterocycles. The van der Waals surface area contributed by atoms with Gasteiger partial charge in [-0.05, 0) is 51.2 Å². The molecule has 0 aliphatic carbocycles. The first-order valence-corrected chi connectivity index (χ1v) is 5.65. The predicted molar refractivity (Wildman–Crippen MR) is 66.2 cm³/mol. The molecular weight excluding hydrogens is 208 g/mol. The van der Waals surface area contributed by atoms with Crippen LogP contribution in [0.15, 0.2) is 24.3 Å². The molecule has 0 radical (unpaired) electrons. The molecule has 3 heteroatoms. The SMILES string of the molecule is CN(C)C(CCCN)c1cccc(Cl)c1. The molecule has 15 heavy (non-hydrogen) atoms. The number of benzene rings is 1. The van der Waals surface area contributed by atoms with Crippen LogP contribution in [0.5, 0.6) is 0 Å². The fourth-order valence-corrected chi connectivity index (χ4v) is 1.95. The van der Waals surface area contributed by atoms with Crippen molar-refractivity contribution < 1.29 is 0 Å². The van der Waals surface area contributed by atoms with Gasteiger partial charge < -0.3 is 10.6 Å². The molecule has 0 saturated carbocycles. The minimum atomic E-state index is 0.409.